The van der Waals surface area contributed by atoms with Crippen LogP contribution in [-0.2, 0) is 16.2 Å². The summed E-state index contributed by atoms with van der Waals surface area (Å²) < 4.78 is 0. The Kier molecular flexibility index (Phi) is 8.68. The van der Waals surface area contributed by atoms with Gasteiger partial charge < -0.3 is 15.0 Å². The number of nitrogens with zero attached hydrogens (tertiary/aromatic N) is 2. The first kappa shape index (κ1) is 36.8. The van der Waals surface area contributed by atoms with Gasteiger partial charge >= 0.3 is 0 Å². The molecule has 3 N–H and O–H groups in total. The number of aromatic amines is 3. The minimum Gasteiger partial charge on any atom is -0.354 e. The lowest BCUT2D eigenvalue weighted by Gasteiger charge is -2.19. The van der Waals surface area contributed by atoms with E-state index in [4.69, 9.17) is 4.98 Å². The monoisotopic (exact) mass is 739 g/mol. The highest BCUT2D eigenvalue weighted by molar-refractivity contribution is 6.01. The van der Waals surface area contributed by atoms with Crippen LogP contribution < -0.4 is 0 Å². The Hall–Kier alpha value is -6.21. The molecule has 5 heterocycles. The van der Waals surface area contributed by atoms with Gasteiger partial charge in [-0.3, -0.25) is 10.1 Å². The number of fused-ring (bicyclic) bond motifs is 9. The van der Waals surface area contributed by atoms with Crippen LogP contribution in [0, 0.1) is 10.1 Å². The van der Waals surface area contributed by atoms with Gasteiger partial charge in [-0.05, 0) is 86.0 Å². The van der Waals surface area contributed by atoms with Crippen molar-refractivity contribution in [2.24, 2.45) is 0 Å². The molecule has 0 saturated carbocycles. The zero-order valence-corrected chi connectivity index (χ0v) is 33.7. The molecule has 1 aliphatic heterocycles. The van der Waals surface area contributed by atoms with Crippen LogP contribution in [-0.4, -0.2) is 24.9 Å². The van der Waals surface area contributed by atoms with Gasteiger partial charge in [0.2, 0.25) is 0 Å². The molecule has 0 fully saturated rings. The van der Waals surface area contributed by atoms with Crippen molar-refractivity contribution in [2.45, 2.75) is 78.6 Å². The van der Waals surface area contributed by atoms with Gasteiger partial charge in [-0.2, -0.15) is 0 Å². The van der Waals surface area contributed by atoms with Crippen molar-refractivity contribution in [3.63, 3.8) is 0 Å². The Balaban J connectivity index is 1.52. The van der Waals surface area contributed by atoms with Crippen LogP contribution in [0.4, 0.5) is 5.69 Å². The summed E-state index contributed by atoms with van der Waals surface area (Å²) in [6, 6.07) is 36.0. The van der Waals surface area contributed by atoms with E-state index in [0.717, 1.165) is 61.1 Å². The van der Waals surface area contributed by atoms with E-state index >= 15 is 0 Å². The molecule has 0 amide bonds. The molecule has 0 saturated heterocycles. The van der Waals surface area contributed by atoms with Gasteiger partial charge in [0.15, 0.2) is 0 Å². The predicted octanol–water partition coefficient (Wildman–Crippen LogP) is 13.5. The third-order valence-corrected chi connectivity index (χ3v) is 11.0. The molecule has 7 nitrogen and oxygen atoms in total. The molecular formula is C49H49N5O2. The molecule has 56 heavy (non-hydrogen) atoms. The summed E-state index contributed by atoms with van der Waals surface area (Å²) in [5, 5.41) is 12.7. The van der Waals surface area contributed by atoms with E-state index in [1.165, 1.54) is 16.7 Å². The minimum atomic E-state index is -0.326. The average molecular weight is 740 g/mol. The summed E-state index contributed by atoms with van der Waals surface area (Å²) in [7, 11) is 0. The maximum atomic E-state index is 12.7. The quantitative estimate of drug-likeness (QED) is 0.124. The van der Waals surface area contributed by atoms with Crippen molar-refractivity contribution in [1.29, 1.82) is 0 Å². The fraction of sp³-hybridized carbons (Fsp3) is 0.245. The van der Waals surface area contributed by atoms with Crippen LogP contribution >= 0.6 is 0 Å². The van der Waals surface area contributed by atoms with Gasteiger partial charge in [0.25, 0.3) is 5.69 Å². The van der Waals surface area contributed by atoms with Crippen LogP contribution in [0.3, 0.4) is 0 Å². The minimum absolute atomic E-state index is 0.00582. The van der Waals surface area contributed by atoms with Gasteiger partial charge in [0, 0.05) is 44.8 Å². The van der Waals surface area contributed by atoms with Gasteiger partial charge in [-0.15, -0.1) is 0 Å². The van der Waals surface area contributed by atoms with Crippen LogP contribution in [0.25, 0.3) is 78.6 Å². The van der Waals surface area contributed by atoms with Crippen molar-refractivity contribution < 1.29 is 4.92 Å². The Morgan fingerprint density at radius 2 is 0.821 bits per heavy atom. The standard InChI is InChI=1S/C49H49N5O2/c1-47(2,3)32-16-10-29(11-17-32)43-35-22-23-37(50-35)44(30-12-18-33(19-13-30)48(4,5)6)38-26-27-40(52-38)46-42(54(55)56)28-41(53-46)45(39-25-24-36(43)51-39)31-14-20-34(21-15-31)49(7,8)9/h10-28,50-51,53H,1-9H3. The maximum absolute atomic E-state index is 12.7. The Labute approximate surface area is 328 Å². The second kappa shape index (κ2) is 13.2. The van der Waals surface area contributed by atoms with Crippen LogP contribution in [0.5, 0.6) is 0 Å². The molecule has 8 rings (SSSR count). The average Bonchev–Trinajstić information content (AvgIpc) is 3.97. The molecule has 282 valence electrons. The van der Waals surface area contributed by atoms with Gasteiger partial charge in [-0.25, -0.2) is 4.98 Å². The first-order valence-corrected chi connectivity index (χ1v) is 19.3. The summed E-state index contributed by atoms with van der Waals surface area (Å²) in [4.78, 5) is 28.6. The van der Waals surface area contributed by atoms with Crippen molar-refractivity contribution in [1.82, 2.24) is 19.9 Å². The van der Waals surface area contributed by atoms with E-state index in [1.54, 1.807) is 6.07 Å². The lowest BCUT2D eigenvalue weighted by molar-refractivity contribution is -0.382. The normalized spacial score (nSPS) is 12.8. The second-order valence-electron chi connectivity index (χ2n) is 18.1. The third kappa shape index (κ3) is 6.72. The van der Waals surface area contributed by atoms with Crippen molar-refractivity contribution in [3.8, 4) is 33.4 Å². The van der Waals surface area contributed by atoms with Crippen LogP contribution in [0.1, 0.15) is 90.4 Å². The number of rotatable bonds is 4. The van der Waals surface area contributed by atoms with E-state index in [0.29, 0.717) is 16.7 Å². The van der Waals surface area contributed by atoms with Crippen molar-refractivity contribution in [3.05, 3.63) is 141 Å². The number of benzene rings is 3. The fourth-order valence-corrected chi connectivity index (χ4v) is 7.70. The summed E-state index contributed by atoms with van der Waals surface area (Å²) in [6.07, 6.45) is 3.83. The largest absolute Gasteiger partial charge is 0.354 e. The zero-order chi connectivity index (χ0) is 39.7. The van der Waals surface area contributed by atoms with Crippen molar-refractivity contribution in [2.75, 3.05) is 0 Å². The molecular weight excluding hydrogens is 691 g/mol. The topological polar surface area (TPSA) is 103 Å². The summed E-state index contributed by atoms with van der Waals surface area (Å²) >= 11 is 0. The number of H-pyrrole nitrogens is 3. The molecule has 0 spiro atoms. The van der Waals surface area contributed by atoms with Crippen LogP contribution in [0.2, 0.25) is 0 Å². The van der Waals surface area contributed by atoms with E-state index < -0.39 is 0 Å². The molecule has 8 bridgehead atoms. The fourth-order valence-electron chi connectivity index (χ4n) is 7.70. The molecule has 0 unspecified atom stereocenters. The first-order valence-electron chi connectivity index (χ1n) is 19.3. The predicted molar refractivity (Wildman–Crippen MR) is 234 cm³/mol. The zero-order valence-electron chi connectivity index (χ0n) is 33.7. The number of hydrogen-bond donors (Lipinski definition) is 3. The highest BCUT2D eigenvalue weighted by atomic mass is 16.6. The number of nitrogens with one attached hydrogen (secondary N) is 3. The lowest BCUT2D eigenvalue weighted by Crippen LogP contribution is -2.10. The molecule has 0 aliphatic carbocycles. The molecule has 0 radical (unpaired) electrons. The molecule has 1 aliphatic rings. The molecule has 3 aromatic carbocycles. The van der Waals surface area contributed by atoms with E-state index in [2.05, 4.69) is 174 Å². The Morgan fingerprint density at radius 1 is 0.464 bits per heavy atom. The SMILES string of the molecule is CC(C)(C)c1ccc(-c2c3nc(c4[nH]c(cc4[N+](=O)[O-])c(-c4ccc(C(C)(C)C)cc4)c4ccc([nH]4)c(-c4ccc(C(C)(C)C)cc4)c4ccc2[nH]4)C=C3)cc1. The molecule has 7 heteroatoms. The van der Waals surface area contributed by atoms with E-state index in [-0.39, 0.29) is 26.9 Å². The van der Waals surface area contributed by atoms with Gasteiger partial charge in [0.1, 0.15) is 5.52 Å². The molecule has 4 aromatic heterocycles. The lowest BCUT2D eigenvalue weighted by atomic mass is 9.86. The highest BCUT2D eigenvalue weighted by Crippen LogP contribution is 2.39. The Morgan fingerprint density at radius 3 is 1.21 bits per heavy atom. The number of nitro groups is 1. The summed E-state index contributed by atoms with van der Waals surface area (Å²) in [5.41, 5.74) is 15.2. The smallest absolute Gasteiger partial charge is 0.297 e. The summed E-state index contributed by atoms with van der Waals surface area (Å²) in [6.45, 7) is 19.9. The second-order valence-corrected chi connectivity index (χ2v) is 18.1. The number of hydrogen-bond acceptors (Lipinski definition) is 3. The van der Waals surface area contributed by atoms with Crippen LogP contribution in [0.15, 0.2) is 103 Å². The Bertz CT molecular complexity index is 2790. The number of aromatic nitrogens is 4. The highest BCUT2D eigenvalue weighted by Gasteiger charge is 2.23. The third-order valence-electron chi connectivity index (χ3n) is 11.0. The van der Waals surface area contributed by atoms with Crippen molar-refractivity contribution >= 4 is 50.9 Å². The van der Waals surface area contributed by atoms with Gasteiger partial charge in [0.05, 0.1) is 21.8 Å². The molecule has 7 aromatic rings. The summed E-state index contributed by atoms with van der Waals surface area (Å²) in [5.74, 6) is 0. The van der Waals surface area contributed by atoms with E-state index in [1.807, 2.05) is 12.2 Å². The maximum Gasteiger partial charge on any atom is 0.297 e. The molecule has 0 atom stereocenters. The van der Waals surface area contributed by atoms with Gasteiger partial charge in [-0.1, -0.05) is 135 Å². The van der Waals surface area contributed by atoms with E-state index in [9.17, 15) is 10.1 Å². The first-order chi connectivity index (χ1) is 26.5.